The Bertz CT molecular complexity index is 1110. The molecule has 0 fully saturated rings. The second-order valence-electron chi connectivity index (χ2n) is 6.47. The maximum atomic E-state index is 14.1. The van der Waals surface area contributed by atoms with Crippen LogP contribution in [0.2, 0.25) is 0 Å². The predicted molar refractivity (Wildman–Crippen MR) is 106 cm³/mol. The largest absolute Gasteiger partial charge is 0.494 e. The summed E-state index contributed by atoms with van der Waals surface area (Å²) in [5.41, 5.74) is 0.790. The van der Waals surface area contributed by atoms with Crippen LogP contribution in [-0.4, -0.2) is 23.8 Å². The van der Waals surface area contributed by atoms with Crippen molar-refractivity contribution in [3.05, 3.63) is 75.5 Å². The number of aryl methyl sites for hydroxylation is 1. The normalized spacial score (nSPS) is 10.7. The van der Waals surface area contributed by atoms with Crippen LogP contribution in [-0.2, 0) is 13.0 Å². The van der Waals surface area contributed by atoms with Gasteiger partial charge in [0.05, 0.1) is 27.0 Å². The molecule has 0 aliphatic rings. The average Bonchev–Trinajstić information content (AvgIpc) is 2.70. The van der Waals surface area contributed by atoms with Crippen molar-refractivity contribution >= 4 is 11.6 Å². The predicted octanol–water partition coefficient (Wildman–Crippen LogP) is 4.03. The third kappa shape index (κ3) is 4.56. The van der Waals surface area contributed by atoms with Crippen molar-refractivity contribution in [2.75, 3.05) is 19.5 Å². The van der Waals surface area contributed by atoms with Crippen LogP contribution >= 0.6 is 0 Å². The summed E-state index contributed by atoms with van der Waals surface area (Å²) in [7, 11) is 2.66. The molecule has 3 rings (SSSR count). The number of hydrogen-bond acceptors (Lipinski definition) is 5. The summed E-state index contributed by atoms with van der Waals surface area (Å²) in [4.78, 5) is 16.2. The molecule has 3 aromatic rings. The summed E-state index contributed by atoms with van der Waals surface area (Å²) in [5.74, 6) is -1.90. The van der Waals surface area contributed by atoms with Gasteiger partial charge in [-0.1, -0.05) is 6.92 Å². The van der Waals surface area contributed by atoms with Crippen LogP contribution in [0.3, 0.4) is 0 Å². The van der Waals surface area contributed by atoms with Crippen LogP contribution in [0.5, 0.6) is 11.5 Å². The zero-order chi connectivity index (χ0) is 21.8. The second kappa shape index (κ2) is 8.89. The summed E-state index contributed by atoms with van der Waals surface area (Å²) in [6.07, 6.45) is 1.88. The maximum absolute atomic E-state index is 14.1. The second-order valence-corrected chi connectivity index (χ2v) is 6.47. The molecule has 0 bridgehead atoms. The van der Waals surface area contributed by atoms with E-state index in [1.54, 1.807) is 0 Å². The van der Waals surface area contributed by atoms with Gasteiger partial charge in [-0.25, -0.2) is 13.2 Å². The van der Waals surface area contributed by atoms with E-state index >= 15 is 0 Å². The minimum absolute atomic E-state index is 0.000438. The molecule has 158 valence electrons. The van der Waals surface area contributed by atoms with Gasteiger partial charge in [0.15, 0.2) is 11.6 Å². The number of ether oxygens (including phenoxy) is 2. The lowest BCUT2D eigenvalue weighted by molar-refractivity contribution is 0.386. The van der Waals surface area contributed by atoms with E-state index in [2.05, 4.69) is 10.3 Å². The van der Waals surface area contributed by atoms with E-state index < -0.39 is 23.0 Å². The van der Waals surface area contributed by atoms with Crippen LogP contribution in [0, 0.1) is 17.5 Å². The lowest BCUT2D eigenvalue weighted by atomic mass is 10.1. The smallest absolute Gasteiger partial charge is 0.316 e. The summed E-state index contributed by atoms with van der Waals surface area (Å²) in [5, 5.41) is 3.00. The first-order valence-corrected chi connectivity index (χ1v) is 9.08. The molecule has 1 heterocycles. The number of hydrogen-bond donors (Lipinski definition) is 1. The molecule has 0 atom stereocenters. The van der Waals surface area contributed by atoms with Crippen molar-refractivity contribution in [2.45, 2.75) is 19.9 Å². The summed E-state index contributed by atoms with van der Waals surface area (Å²) in [6, 6.07) is 5.91. The Hall–Kier alpha value is -3.49. The Morgan fingerprint density at radius 1 is 1.00 bits per heavy atom. The van der Waals surface area contributed by atoms with Crippen LogP contribution in [0.15, 0.2) is 41.3 Å². The molecule has 2 aromatic carbocycles. The minimum atomic E-state index is -0.725. The molecule has 0 saturated heterocycles. The van der Waals surface area contributed by atoms with Crippen LogP contribution in [0.4, 0.5) is 24.8 Å². The van der Waals surface area contributed by atoms with E-state index in [0.29, 0.717) is 23.2 Å². The van der Waals surface area contributed by atoms with Crippen LogP contribution < -0.4 is 20.3 Å². The molecule has 30 heavy (non-hydrogen) atoms. The Labute approximate surface area is 170 Å². The van der Waals surface area contributed by atoms with E-state index in [1.807, 2.05) is 6.92 Å². The summed E-state index contributed by atoms with van der Waals surface area (Å²) < 4.78 is 52.8. The highest BCUT2D eigenvalue weighted by Gasteiger charge is 2.15. The third-order valence-corrected chi connectivity index (χ3v) is 4.46. The van der Waals surface area contributed by atoms with E-state index in [-0.39, 0.29) is 24.0 Å². The van der Waals surface area contributed by atoms with Crippen LogP contribution in [0.1, 0.15) is 18.1 Å². The van der Waals surface area contributed by atoms with Gasteiger partial charge >= 0.3 is 5.56 Å². The molecule has 9 heteroatoms. The Morgan fingerprint density at radius 3 is 2.27 bits per heavy atom. The molecule has 0 unspecified atom stereocenters. The molecule has 0 radical (unpaired) electrons. The zero-order valence-corrected chi connectivity index (χ0v) is 16.6. The third-order valence-electron chi connectivity index (χ3n) is 4.46. The lowest BCUT2D eigenvalue weighted by Crippen LogP contribution is -2.19. The van der Waals surface area contributed by atoms with Crippen molar-refractivity contribution in [1.29, 1.82) is 0 Å². The van der Waals surface area contributed by atoms with E-state index in [9.17, 15) is 18.0 Å². The molecule has 0 spiro atoms. The number of nitrogens with one attached hydrogen (secondary N) is 1. The van der Waals surface area contributed by atoms with E-state index in [4.69, 9.17) is 9.47 Å². The number of aromatic nitrogens is 2. The average molecular weight is 419 g/mol. The standard InChI is InChI=1S/C21H20F3N3O3/c1-4-13-7-16(24)18(29-2)9-17(13)25-21-26-20(28)19(30-3)11-27(21)10-12-5-14(22)8-15(23)6-12/h5-9,11H,4,10H2,1-3H3,(H,25,26,28). The van der Waals surface area contributed by atoms with Crippen molar-refractivity contribution in [3.8, 4) is 11.5 Å². The molecule has 1 aromatic heterocycles. The monoisotopic (exact) mass is 419 g/mol. The van der Waals surface area contributed by atoms with Gasteiger partial charge in [0.25, 0.3) is 0 Å². The van der Waals surface area contributed by atoms with Crippen molar-refractivity contribution in [2.24, 2.45) is 0 Å². The van der Waals surface area contributed by atoms with Gasteiger partial charge in [-0.05, 0) is 35.7 Å². The van der Waals surface area contributed by atoms with Gasteiger partial charge in [-0.2, -0.15) is 4.98 Å². The number of nitrogens with zero attached hydrogens (tertiary/aromatic N) is 2. The van der Waals surface area contributed by atoms with Gasteiger partial charge in [0.2, 0.25) is 11.7 Å². The van der Waals surface area contributed by atoms with Gasteiger partial charge < -0.3 is 19.4 Å². The zero-order valence-electron chi connectivity index (χ0n) is 16.6. The molecular weight excluding hydrogens is 399 g/mol. The van der Waals surface area contributed by atoms with Crippen molar-refractivity contribution in [1.82, 2.24) is 9.55 Å². The topological polar surface area (TPSA) is 65.4 Å². The Kier molecular flexibility index (Phi) is 6.29. The molecular formula is C21H20F3N3O3. The Balaban J connectivity index is 2.08. The number of anilines is 2. The molecule has 1 N–H and O–H groups in total. The number of halogens is 3. The fourth-order valence-corrected chi connectivity index (χ4v) is 3.01. The number of benzene rings is 2. The Morgan fingerprint density at radius 2 is 1.67 bits per heavy atom. The number of methoxy groups -OCH3 is 2. The van der Waals surface area contributed by atoms with Crippen LogP contribution in [0.25, 0.3) is 0 Å². The van der Waals surface area contributed by atoms with Gasteiger partial charge in [0.1, 0.15) is 11.6 Å². The van der Waals surface area contributed by atoms with Gasteiger partial charge in [-0.15, -0.1) is 0 Å². The molecule has 0 aliphatic heterocycles. The minimum Gasteiger partial charge on any atom is -0.494 e. The first-order chi connectivity index (χ1) is 14.3. The fraction of sp³-hybridized carbons (Fsp3) is 0.238. The molecule has 6 nitrogen and oxygen atoms in total. The highest BCUT2D eigenvalue weighted by atomic mass is 19.1. The maximum Gasteiger partial charge on any atom is 0.316 e. The van der Waals surface area contributed by atoms with Gasteiger partial charge in [-0.3, -0.25) is 4.79 Å². The van der Waals surface area contributed by atoms with Crippen molar-refractivity contribution < 1.29 is 22.6 Å². The summed E-state index contributed by atoms with van der Waals surface area (Å²) in [6.45, 7) is 1.84. The quantitative estimate of drug-likeness (QED) is 0.626. The SMILES string of the molecule is CCc1cc(F)c(OC)cc1Nc1nc(=O)c(OC)cn1Cc1cc(F)cc(F)c1. The molecule has 0 aliphatic carbocycles. The first-order valence-electron chi connectivity index (χ1n) is 9.08. The lowest BCUT2D eigenvalue weighted by Gasteiger charge is -2.18. The molecule has 0 saturated carbocycles. The van der Waals surface area contributed by atoms with E-state index in [1.165, 1.54) is 49.2 Å². The van der Waals surface area contributed by atoms with E-state index in [0.717, 1.165) is 6.07 Å². The highest BCUT2D eigenvalue weighted by molar-refractivity contribution is 5.62. The van der Waals surface area contributed by atoms with Crippen molar-refractivity contribution in [3.63, 3.8) is 0 Å². The molecule has 0 amide bonds. The summed E-state index contributed by atoms with van der Waals surface area (Å²) >= 11 is 0. The highest BCUT2D eigenvalue weighted by Crippen LogP contribution is 2.29. The number of rotatable bonds is 7. The van der Waals surface area contributed by atoms with Gasteiger partial charge in [0, 0.05) is 17.8 Å². The first kappa shape index (κ1) is 21.2. The fourth-order valence-electron chi connectivity index (χ4n) is 3.01.